The zero-order chi connectivity index (χ0) is 13.9. The summed E-state index contributed by atoms with van der Waals surface area (Å²) in [5, 5.41) is 9.90. The van der Waals surface area contributed by atoms with Gasteiger partial charge in [0.05, 0.1) is 6.10 Å². The van der Waals surface area contributed by atoms with E-state index in [1.54, 1.807) is 0 Å². The third-order valence-electron chi connectivity index (χ3n) is 4.73. The largest absolute Gasteiger partial charge is 0.492 e. The standard InChI is InChI=1S/C16H24N2O2/c17-9-12-1-4-14(5-2-12)20-8-7-18-10-13-3-6-16(19)15(13)11-18/h1-2,4-5,13,15-16,19H,3,6-11,17H2. The maximum absolute atomic E-state index is 9.90. The molecular formula is C16H24N2O2. The fourth-order valence-corrected chi connectivity index (χ4v) is 3.53. The number of fused-ring (bicyclic) bond motifs is 1. The molecule has 2 fully saturated rings. The maximum Gasteiger partial charge on any atom is 0.119 e. The van der Waals surface area contributed by atoms with Crippen LogP contribution in [0.2, 0.25) is 0 Å². The van der Waals surface area contributed by atoms with Crippen LogP contribution in [0.4, 0.5) is 0 Å². The number of ether oxygens (including phenoxy) is 1. The molecule has 1 saturated heterocycles. The van der Waals surface area contributed by atoms with Crippen molar-refractivity contribution in [1.82, 2.24) is 4.90 Å². The molecule has 0 radical (unpaired) electrons. The molecule has 0 amide bonds. The van der Waals surface area contributed by atoms with E-state index in [-0.39, 0.29) is 6.10 Å². The number of hydrogen-bond acceptors (Lipinski definition) is 4. The number of nitrogens with two attached hydrogens (primary N) is 1. The highest BCUT2D eigenvalue weighted by atomic mass is 16.5. The number of likely N-dealkylation sites (tertiary alicyclic amines) is 1. The van der Waals surface area contributed by atoms with Gasteiger partial charge in [-0.05, 0) is 36.5 Å². The number of nitrogens with zero attached hydrogens (tertiary/aromatic N) is 1. The van der Waals surface area contributed by atoms with Gasteiger partial charge in [0.2, 0.25) is 0 Å². The van der Waals surface area contributed by atoms with E-state index in [1.165, 1.54) is 6.42 Å². The summed E-state index contributed by atoms with van der Waals surface area (Å²) in [6, 6.07) is 7.97. The maximum atomic E-state index is 9.90. The first-order valence-corrected chi connectivity index (χ1v) is 7.58. The lowest BCUT2D eigenvalue weighted by molar-refractivity contribution is 0.122. The Morgan fingerprint density at radius 1 is 1.20 bits per heavy atom. The summed E-state index contributed by atoms with van der Waals surface area (Å²) in [6.45, 7) is 4.37. The second kappa shape index (κ2) is 6.12. The lowest BCUT2D eigenvalue weighted by Gasteiger charge is -2.18. The van der Waals surface area contributed by atoms with Gasteiger partial charge >= 0.3 is 0 Å². The van der Waals surface area contributed by atoms with E-state index in [0.29, 0.717) is 25.0 Å². The van der Waals surface area contributed by atoms with E-state index in [2.05, 4.69) is 4.90 Å². The van der Waals surface area contributed by atoms with E-state index < -0.39 is 0 Å². The van der Waals surface area contributed by atoms with E-state index in [9.17, 15) is 5.11 Å². The number of aliphatic hydroxyl groups is 1. The van der Waals surface area contributed by atoms with Crippen LogP contribution >= 0.6 is 0 Å². The van der Waals surface area contributed by atoms with Gasteiger partial charge in [-0.1, -0.05) is 12.1 Å². The molecule has 3 rings (SSSR count). The monoisotopic (exact) mass is 276 g/mol. The molecule has 1 aliphatic heterocycles. The van der Waals surface area contributed by atoms with Crippen LogP contribution in [0.5, 0.6) is 5.75 Å². The second-order valence-corrected chi connectivity index (χ2v) is 6.02. The molecule has 20 heavy (non-hydrogen) atoms. The van der Waals surface area contributed by atoms with Gasteiger partial charge in [0.25, 0.3) is 0 Å². The molecule has 1 aliphatic carbocycles. The molecule has 4 heteroatoms. The molecule has 1 heterocycles. The Bertz CT molecular complexity index is 435. The van der Waals surface area contributed by atoms with Crippen LogP contribution in [0.15, 0.2) is 24.3 Å². The molecule has 110 valence electrons. The van der Waals surface area contributed by atoms with Crippen molar-refractivity contribution in [3.63, 3.8) is 0 Å². The average Bonchev–Trinajstić information content (AvgIpc) is 3.02. The van der Waals surface area contributed by atoms with Crippen molar-refractivity contribution in [2.24, 2.45) is 17.6 Å². The summed E-state index contributed by atoms with van der Waals surface area (Å²) in [5.74, 6) is 2.11. The highest BCUT2D eigenvalue weighted by Gasteiger charge is 2.41. The Kier molecular flexibility index (Phi) is 4.24. The molecule has 3 atom stereocenters. The molecule has 3 N–H and O–H groups in total. The van der Waals surface area contributed by atoms with Crippen LogP contribution in [0.25, 0.3) is 0 Å². The molecule has 0 aromatic heterocycles. The van der Waals surface area contributed by atoms with Crippen molar-refractivity contribution < 1.29 is 9.84 Å². The normalized spacial score (nSPS) is 29.6. The fourth-order valence-electron chi connectivity index (χ4n) is 3.53. The zero-order valence-electron chi connectivity index (χ0n) is 11.9. The minimum atomic E-state index is -0.0743. The number of hydrogen-bond donors (Lipinski definition) is 2. The average molecular weight is 276 g/mol. The van der Waals surface area contributed by atoms with E-state index >= 15 is 0 Å². The van der Waals surface area contributed by atoms with Gasteiger partial charge in [0.15, 0.2) is 0 Å². The van der Waals surface area contributed by atoms with Gasteiger partial charge in [-0.15, -0.1) is 0 Å². The molecular weight excluding hydrogens is 252 g/mol. The molecule has 4 nitrogen and oxygen atoms in total. The number of benzene rings is 1. The van der Waals surface area contributed by atoms with Crippen LogP contribution < -0.4 is 10.5 Å². The van der Waals surface area contributed by atoms with E-state index in [4.69, 9.17) is 10.5 Å². The van der Waals surface area contributed by atoms with Crippen molar-refractivity contribution in [1.29, 1.82) is 0 Å². The van der Waals surface area contributed by atoms with Crippen LogP contribution in [-0.2, 0) is 6.54 Å². The Morgan fingerprint density at radius 3 is 2.70 bits per heavy atom. The van der Waals surface area contributed by atoms with Gasteiger partial charge in [-0.25, -0.2) is 0 Å². The van der Waals surface area contributed by atoms with Crippen molar-refractivity contribution in [3.05, 3.63) is 29.8 Å². The quantitative estimate of drug-likeness (QED) is 0.849. The molecule has 1 aromatic rings. The molecule has 0 bridgehead atoms. The number of aliphatic hydroxyl groups excluding tert-OH is 1. The summed E-state index contributed by atoms with van der Waals surface area (Å²) in [6.07, 6.45) is 2.10. The van der Waals surface area contributed by atoms with Gasteiger partial charge in [-0.2, -0.15) is 0 Å². The summed E-state index contributed by atoms with van der Waals surface area (Å²) >= 11 is 0. The van der Waals surface area contributed by atoms with Crippen LogP contribution in [0.1, 0.15) is 18.4 Å². The highest BCUT2D eigenvalue weighted by molar-refractivity contribution is 5.27. The number of rotatable bonds is 5. The van der Waals surface area contributed by atoms with Crippen LogP contribution in [0.3, 0.4) is 0 Å². The van der Waals surface area contributed by atoms with Crippen molar-refractivity contribution in [3.8, 4) is 5.75 Å². The fraction of sp³-hybridized carbons (Fsp3) is 0.625. The summed E-state index contributed by atoms with van der Waals surface area (Å²) in [4.78, 5) is 2.42. The summed E-state index contributed by atoms with van der Waals surface area (Å²) in [7, 11) is 0. The zero-order valence-corrected chi connectivity index (χ0v) is 11.9. The first-order valence-electron chi connectivity index (χ1n) is 7.58. The lowest BCUT2D eigenvalue weighted by Crippen LogP contribution is -2.28. The lowest BCUT2D eigenvalue weighted by atomic mass is 10.00. The predicted molar refractivity (Wildman–Crippen MR) is 78.5 cm³/mol. The summed E-state index contributed by atoms with van der Waals surface area (Å²) in [5.41, 5.74) is 6.69. The minimum absolute atomic E-state index is 0.0743. The predicted octanol–water partition coefficient (Wildman–Crippen LogP) is 1.23. The molecule has 3 unspecified atom stereocenters. The van der Waals surface area contributed by atoms with Crippen molar-refractivity contribution in [2.45, 2.75) is 25.5 Å². The Balaban J connectivity index is 1.42. The summed E-state index contributed by atoms with van der Waals surface area (Å²) < 4.78 is 5.77. The molecule has 2 aliphatic rings. The smallest absolute Gasteiger partial charge is 0.119 e. The van der Waals surface area contributed by atoms with Crippen molar-refractivity contribution >= 4 is 0 Å². The van der Waals surface area contributed by atoms with E-state index in [0.717, 1.165) is 37.4 Å². The Labute approximate surface area is 120 Å². The van der Waals surface area contributed by atoms with Gasteiger partial charge < -0.3 is 15.6 Å². The molecule has 1 aromatic carbocycles. The first kappa shape index (κ1) is 13.9. The third-order valence-corrected chi connectivity index (χ3v) is 4.73. The Morgan fingerprint density at radius 2 is 2.00 bits per heavy atom. The van der Waals surface area contributed by atoms with Gasteiger partial charge in [0, 0.05) is 32.1 Å². The van der Waals surface area contributed by atoms with Crippen LogP contribution in [0, 0.1) is 11.8 Å². The topological polar surface area (TPSA) is 58.7 Å². The van der Waals surface area contributed by atoms with Crippen molar-refractivity contribution in [2.75, 3.05) is 26.2 Å². The van der Waals surface area contributed by atoms with Crippen LogP contribution in [-0.4, -0.2) is 42.4 Å². The van der Waals surface area contributed by atoms with Gasteiger partial charge in [-0.3, -0.25) is 4.90 Å². The van der Waals surface area contributed by atoms with E-state index in [1.807, 2.05) is 24.3 Å². The Hall–Kier alpha value is -1.10. The third kappa shape index (κ3) is 2.97. The second-order valence-electron chi connectivity index (χ2n) is 6.02. The molecule has 1 saturated carbocycles. The van der Waals surface area contributed by atoms with Gasteiger partial charge in [0.1, 0.15) is 12.4 Å². The highest BCUT2D eigenvalue weighted by Crippen LogP contribution is 2.37. The minimum Gasteiger partial charge on any atom is -0.492 e. The SMILES string of the molecule is NCc1ccc(OCCN2CC3CCC(O)C3C2)cc1. The first-order chi connectivity index (χ1) is 9.76. The molecule has 0 spiro atoms.